The smallest absolute Gasteiger partial charge is 0.119 e. The lowest BCUT2D eigenvalue weighted by molar-refractivity contribution is 0.340. The van der Waals surface area contributed by atoms with Crippen LogP contribution in [0.4, 0.5) is 17.1 Å². The van der Waals surface area contributed by atoms with Crippen molar-refractivity contribution >= 4 is 41.4 Å². The first-order chi connectivity index (χ1) is 21.2. The summed E-state index contributed by atoms with van der Waals surface area (Å²) in [5.41, 5.74) is 9.13. The molecule has 5 aromatic rings. The second-order valence-electron chi connectivity index (χ2n) is 10.2. The van der Waals surface area contributed by atoms with Crippen LogP contribution in [0.1, 0.15) is 34.7 Å². The van der Waals surface area contributed by atoms with Gasteiger partial charge in [-0.05, 0) is 84.1 Å². The van der Waals surface area contributed by atoms with E-state index in [0.29, 0.717) is 6.61 Å². The molecule has 0 amide bonds. The van der Waals surface area contributed by atoms with E-state index >= 15 is 0 Å². The van der Waals surface area contributed by atoms with E-state index in [1.54, 1.807) is 0 Å². The zero-order valence-corrected chi connectivity index (χ0v) is 24.8. The minimum Gasteiger partial charge on any atom is -0.494 e. The van der Waals surface area contributed by atoms with E-state index < -0.39 is 0 Å². The van der Waals surface area contributed by atoms with Gasteiger partial charge in [0, 0.05) is 17.1 Å². The summed E-state index contributed by atoms with van der Waals surface area (Å²) in [4.78, 5) is 2.30. The number of aryl methyl sites for hydroxylation is 1. The van der Waals surface area contributed by atoms with Gasteiger partial charge >= 0.3 is 0 Å². The highest BCUT2D eigenvalue weighted by molar-refractivity contribution is 5.80. The van der Waals surface area contributed by atoms with E-state index in [2.05, 4.69) is 170 Å². The highest BCUT2D eigenvalue weighted by Crippen LogP contribution is 2.38. The van der Waals surface area contributed by atoms with E-state index in [1.807, 2.05) is 25.1 Å². The molecule has 0 spiro atoms. The highest BCUT2D eigenvalue weighted by atomic mass is 16.5. The molecule has 2 heteroatoms. The van der Waals surface area contributed by atoms with Crippen molar-refractivity contribution in [2.75, 3.05) is 11.5 Å². The molecule has 5 aromatic carbocycles. The summed E-state index contributed by atoms with van der Waals surface area (Å²) in [6.07, 6.45) is 16.8. The van der Waals surface area contributed by atoms with Crippen LogP contribution in [0.5, 0.6) is 5.75 Å². The van der Waals surface area contributed by atoms with Crippen LogP contribution in [-0.2, 0) is 0 Å². The third-order valence-corrected chi connectivity index (χ3v) is 7.00. The quantitative estimate of drug-likeness (QED) is 0.149. The number of rotatable bonds is 11. The number of hydrogen-bond donors (Lipinski definition) is 0. The summed E-state index contributed by atoms with van der Waals surface area (Å²) in [5, 5.41) is 0. The van der Waals surface area contributed by atoms with Crippen molar-refractivity contribution in [2.24, 2.45) is 0 Å². The molecule has 0 heterocycles. The summed E-state index contributed by atoms with van der Waals surface area (Å²) in [7, 11) is 0. The monoisotopic (exact) mass is 559 g/mol. The Balaban J connectivity index is 1.38. The topological polar surface area (TPSA) is 12.5 Å². The predicted molar refractivity (Wildman–Crippen MR) is 186 cm³/mol. The maximum atomic E-state index is 5.77. The number of ether oxygens (including phenoxy) is 1. The fourth-order valence-corrected chi connectivity index (χ4v) is 4.83. The van der Waals surface area contributed by atoms with Crippen LogP contribution in [0.2, 0.25) is 0 Å². The Hall–Kier alpha value is -5.34. The molecule has 0 aliphatic heterocycles. The summed E-state index contributed by atoms with van der Waals surface area (Å²) in [6, 6.07) is 44.3. The molecule has 0 fully saturated rings. The summed E-state index contributed by atoms with van der Waals surface area (Å²) >= 11 is 0. The fourth-order valence-electron chi connectivity index (χ4n) is 4.83. The van der Waals surface area contributed by atoms with Crippen LogP contribution in [0, 0.1) is 6.92 Å². The first-order valence-electron chi connectivity index (χ1n) is 14.7. The van der Waals surface area contributed by atoms with Gasteiger partial charge in [0.15, 0.2) is 0 Å². The summed E-state index contributed by atoms with van der Waals surface area (Å²) in [6.45, 7) is 4.79. The Morgan fingerprint density at radius 3 is 1.33 bits per heavy atom. The van der Waals surface area contributed by atoms with Crippen molar-refractivity contribution in [3.05, 3.63) is 180 Å². The third-order valence-electron chi connectivity index (χ3n) is 7.00. The molecule has 0 N–H and O–H groups in total. The van der Waals surface area contributed by atoms with Gasteiger partial charge in [-0.1, -0.05) is 134 Å². The largest absolute Gasteiger partial charge is 0.494 e. The van der Waals surface area contributed by atoms with Crippen molar-refractivity contribution in [3.63, 3.8) is 0 Å². The molecule has 0 aliphatic carbocycles. The lowest BCUT2D eigenvalue weighted by Gasteiger charge is -2.27. The molecule has 212 valence electrons. The molecule has 0 bridgehead atoms. The molecule has 0 aliphatic rings. The Morgan fingerprint density at radius 2 is 0.930 bits per heavy atom. The van der Waals surface area contributed by atoms with E-state index in [0.717, 1.165) is 39.5 Å². The molecule has 0 saturated heterocycles. The molecular weight excluding hydrogens is 522 g/mol. The number of benzene rings is 5. The lowest BCUT2D eigenvalue weighted by Crippen LogP contribution is -2.11. The van der Waals surface area contributed by atoms with Gasteiger partial charge < -0.3 is 9.64 Å². The number of nitrogens with zero attached hydrogens (tertiary/aromatic N) is 1. The number of anilines is 3. The summed E-state index contributed by atoms with van der Waals surface area (Å²) < 4.78 is 5.77. The Bertz CT molecular complexity index is 1590. The lowest BCUT2D eigenvalue weighted by atomic mass is 10.1. The molecular formula is C41H37NO. The molecule has 0 atom stereocenters. The van der Waals surface area contributed by atoms with Crippen LogP contribution in [0.3, 0.4) is 0 Å². The van der Waals surface area contributed by atoms with Crippen LogP contribution < -0.4 is 9.64 Å². The highest BCUT2D eigenvalue weighted by Gasteiger charge is 2.15. The van der Waals surface area contributed by atoms with Gasteiger partial charge in [0.25, 0.3) is 0 Å². The molecule has 2 nitrogen and oxygen atoms in total. The van der Waals surface area contributed by atoms with Crippen molar-refractivity contribution in [2.45, 2.75) is 13.8 Å². The number of hydrogen-bond acceptors (Lipinski definition) is 2. The zero-order valence-electron chi connectivity index (χ0n) is 24.8. The SMILES string of the molecule is CCOc1ccc(N(c2ccc(/C=C/C=C/c3ccccc3)cc2)c2ccc(/C=C/C=C/c3ccccc3)cc2)c(C)c1. The average molecular weight is 560 g/mol. The third kappa shape index (κ3) is 8.34. The first kappa shape index (κ1) is 29.2. The molecule has 0 unspecified atom stereocenters. The standard InChI is InChI=1S/C41H37NO/c1-3-43-40-30-31-41(33(2)32-40)42(38-26-22-36(23-27-38)20-12-10-18-34-14-6-4-7-15-34)39-28-24-37(25-29-39)21-13-11-19-35-16-8-5-9-17-35/h4-32H,3H2,1-2H3/b18-10+,19-11+,20-12+,21-13+. The van der Waals surface area contributed by atoms with E-state index in [9.17, 15) is 0 Å². The maximum absolute atomic E-state index is 5.77. The van der Waals surface area contributed by atoms with Gasteiger partial charge in [0.05, 0.1) is 6.61 Å². The Morgan fingerprint density at radius 1 is 0.512 bits per heavy atom. The molecule has 0 saturated carbocycles. The normalized spacial score (nSPS) is 11.7. The van der Waals surface area contributed by atoms with Gasteiger partial charge in [0.1, 0.15) is 5.75 Å². The van der Waals surface area contributed by atoms with E-state index in [-0.39, 0.29) is 0 Å². The van der Waals surface area contributed by atoms with Crippen LogP contribution in [0.25, 0.3) is 24.3 Å². The fraction of sp³-hybridized carbons (Fsp3) is 0.0732. The van der Waals surface area contributed by atoms with Crippen LogP contribution in [-0.4, -0.2) is 6.61 Å². The van der Waals surface area contributed by atoms with Gasteiger partial charge in [-0.15, -0.1) is 0 Å². The van der Waals surface area contributed by atoms with Gasteiger partial charge in [-0.25, -0.2) is 0 Å². The predicted octanol–water partition coefficient (Wildman–Crippen LogP) is 11.3. The molecule has 5 rings (SSSR count). The first-order valence-corrected chi connectivity index (χ1v) is 14.7. The van der Waals surface area contributed by atoms with Crippen LogP contribution in [0.15, 0.2) is 152 Å². The average Bonchev–Trinajstić information content (AvgIpc) is 3.05. The van der Waals surface area contributed by atoms with Gasteiger partial charge in [0.2, 0.25) is 0 Å². The minimum absolute atomic E-state index is 0.646. The Kier molecular flexibility index (Phi) is 10.2. The maximum Gasteiger partial charge on any atom is 0.119 e. The Labute approximate surface area is 256 Å². The van der Waals surface area contributed by atoms with Crippen molar-refractivity contribution in [3.8, 4) is 5.75 Å². The van der Waals surface area contributed by atoms with Crippen molar-refractivity contribution in [1.29, 1.82) is 0 Å². The summed E-state index contributed by atoms with van der Waals surface area (Å²) in [5.74, 6) is 0.886. The van der Waals surface area contributed by atoms with Crippen LogP contribution >= 0.6 is 0 Å². The zero-order chi connectivity index (χ0) is 29.7. The second kappa shape index (κ2) is 15.0. The van der Waals surface area contributed by atoms with Crippen molar-refractivity contribution < 1.29 is 4.74 Å². The van der Waals surface area contributed by atoms with Crippen molar-refractivity contribution in [1.82, 2.24) is 0 Å². The van der Waals surface area contributed by atoms with E-state index in [1.165, 1.54) is 11.1 Å². The number of allylic oxidation sites excluding steroid dienone is 4. The minimum atomic E-state index is 0.646. The molecule has 0 aromatic heterocycles. The van der Waals surface area contributed by atoms with Gasteiger partial charge in [-0.2, -0.15) is 0 Å². The second-order valence-corrected chi connectivity index (χ2v) is 10.2. The molecule has 0 radical (unpaired) electrons. The molecule has 43 heavy (non-hydrogen) atoms. The van der Waals surface area contributed by atoms with E-state index in [4.69, 9.17) is 4.74 Å². The van der Waals surface area contributed by atoms with Gasteiger partial charge in [-0.3, -0.25) is 0 Å².